The maximum Gasteiger partial charge on any atom is 0.276 e. The fraction of sp³-hybridized carbons (Fsp3) is 0.292. The summed E-state index contributed by atoms with van der Waals surface area (Å²) < 4.78 is 11.4. The van der Waals surface area contributed by atoms with E-state index >= 15 is 0 Å². The first kappa shape index (κ1) is 23.3. The summed E-state index contributed by atoms with van der Waals surface area (Å²) in [5.41, 5.74) is 1.88. The van der Waals surface area contributed by atoms with Crippen molar-refractivity contribution in [2.24, 2.45) is 0 Å². The highest BCUT2D eigenvalue weighted by molar-refractivity contribution is 7.80. The van der Waals surface area contributed by atoms with E-state index in [4.69, 9.17) is 21.7 Å². The third-order valence-corrected chi connectivity index (χ3v) is 5.01. The van der Waals surface area contributed by atoms with Gasteiger partial charge in [-0.1, -0.05) is 37.6 Å². The van der Waals surface area contributed by atoms with Gasteiger partial charge in [-0.3, -0.25) is 14.5 Å². The van der Waals surface area contributed by atoms with Crippen LogP contribution >= 0.6 is 12.2 Å². The Morgan fingerprint density at radius 3 is 2.62 bits per heavy atom. The van der Waals surface area contributed by atoms with E-state index in [0.717, 1.165) is 18.4 Å². The van der Waals surface area contributed by atoms with E-state index in [1.807, 2.05) is 25.1 Å². The van der Waals surface area contributed by atoms with Crippen LogP contribution in [0.15, 0.2) is 54.2 Å². The highest BCUT2D eigenvalue weighted by Gasteiger charge is 2.29. The smallest absolute Gasteiger partial charge is 0.276 e. The number of carbonyl (C=O) groups excluding carboxylic acids is 2. The van der Waals surface area contributed by atoms with Crippen LogP contribution in [0.4, 0.5) is 5.69 Å². The zero-order chi connectivity index (χ0) is 22.9. The van der Waals surface area contributed by atoms with Crippen LogP contribution in [0.25, 0.3) is 6.08 Å². The lowest BCUT2D eigenvalue weighted by molar-refractivity contribution is -0.122. The molecule has 0 radical (unpaired) electrons. The topological polar surface area (TPSA) is 79.9 Å². The van der Waals surface area contributed by atoms with Crippen LogP contribution in [0, 0.1) is 0 Å². The number of anilines is 1. The van der Waals surface area contributed by atoms with E-state index in [9.17, 15) is 9.59 Å². The highest BCUT2D eigenvalue weighted by Crippen LogP contribution is 2.30. The molecule has 2 aromatic rings. The predicted octanol–water partition coefficient (Wildman–Crippen LogP) is 3.96. The number of ether oxygens (including phenoxy) is 2. The van der Waals surface area contributed by atoms with Gasteiger partial charge in [0.1, 0.15) is 5.70 Å². The Balaban J connectivity index is 1.69. The average Bonchev–Trinajstić information content (AvgIpc) is 3.05. The van der Waals surface area contributed by atoms with Crippen molar-refractivity contribution in [2.75, 3.05) is 25.1 Å². The van der Waals surface area contributed by atoms with Crippen molar-refractivity contribution < 1.29 is 19.1 Å². The molecule has 2 amide bonds. The normalized spacial score (nSPS) is 14.4. The Hall–Kier alpha value is -3.39. The summed E-state index contributed by atoms with van der Waals surface area (Å²) in [7, 11) is 0. The number of carbonyl (C=O) groups is 2. The molecule has 0 bridgehead atoms. The fourth-order valence-corrected chi connectivity index (χ4v) is 3.41. The van der Waals surface area contributed by atoms with E-state index in [1.54, 1.807) is 41.3 Å². The molecule has 0 unspecified atom stereocenters. The molecule has 0 aromatic heterocycles. The Kier molecular flexibility index (Phi) is 8.21. The van der Waals surface area contributed by atoms with Gasteiger partial charge in [-0.25, -0.2) is 0 Å². The van der Waals surface area contributed by atoms with Crippen molar-refractivity contribution >= 4 is 40.9 Å². The zero-order valence-electron chi connectivity index (χ0n) is 18.2. The summed E-state index contributed by atoms with van der Waals surface area (Å²) >= 11 is 5.29. The van der Waals surface area contributed by atoms with Gasteiger partial charge >= 0.3 is 0 Å². The maximum atomic E-state index is 12.6. The monoisotopic (exact) mass is 453 g/mol. The molecular weight excluding hydrogens is 426 g/mol. The van der Waals surface area contributed by atoms with Crippen LogP contribution in [-0.4, -0.2) is 41.6 Å². The van der Waals surface area contributed by atoms with Crippen molar-refractivity contribution in [3.63, 3.8) is 0 Å². The molecule has 0 atom stereocenters. The largest absolute Gasteiger partial charge is 0.490 e. The lowest BCUT2D eigenvalue weighted by atomic mass is 10.1. The van der Waals surface area contributed by atoms with Crippen molar-refractivity contribution in [3.8, 4) is 11.5 Å². The molecule has 1 aliphatic heterocycles. The van der Waals surface area contributed by atoms with Gasteiger partial charge in [-0.15, -0.1) is 0 Å². The number of nitrogens with zero attached hydrogens (tertiary/aromatic N) is 1. The van der Waals surface area contributed by atoms with Crippen molar-refractivity contribution in [1.82, 2.24) is 10.2 Å². The van der Waals surface area contributed by atoms with Gasteiger partial charge in [-0.05, 0) is 61.5 Å². The zero-order valence-corrected chi connectivity index (χ0v) is 19.0. The van der Waals surface area contributed by atoms with E-state index in [1.165, 1.54) is 0 Å². The van der Waals surface area contributed by atoms with Gasteiger partial charge in [0.2, 0.25) is 0 Å². The number of unbranched alkanes of at least 4 members (excludes halogenated alkanes) is 1. The lowest BCUT2D eigenvalue weighted by Crippen LogP contribution is -2.31. The highest BCUT2D eigenvalue weighted by atomic mass is 32.1. The summed E-state index contributed by atoms with van der Waals surface area (Å²) in [6.07, 6.45) is 3.60. The van der Waals surface area contributed by atoms with E-state index in [-0.39, 0.29) is 18.4 Å². The fourth-order valence-electron chi connectivity index (χ4n) is 3.12. The number of benzene rings is 2. The van der Waals surface area contributed by atoms with Crippen LogP contribution in [0.1, 0.15) is 32.3 Å². The van der Waals surface area contributed by atoms with Gasteiger partial charge in [0, 0.05) is 12.2 Å². The van der Waals surface area contributed by atoms with Gasteiger partial charge in [-0.2, -0.15) is 0 Å². The van der Waals surface area contributed by atoms with Crippen molar-refractivity contribution in [2.45, 2.75) is 26.7 Å². The summed E-state index contributed by atoms with van der Waals surface area (Å²) in [4.78, 5) is 26.4. The molecule has 2 aromatic carbocycles. The Morgan fingerprint density at radius 1 is 1.12 bits per heavy atom. The molecule has 32 heavy (non-hydrogen) atoms. The number of para-hydroxylation sites is 1. The standard InChI is InChI=1S/C24H27N3O4S/c1-3-5-13-27-23(29)19(26-24(27)32)14-17-11-12-20(21(15-17)30-4-2)31-16-22(28)25-18-9-7-6-8-10-18/h6-12,14-15H,3-5,13,16H2,1-2H3,(H,25,28)(H,26,32)/b19-14+. The molecule has 0 saturated carbocycles. The summed E-state index contributed by atoms with van der Waals surface area (Å²) in [6.45, 7) is 4.80. The molecule has 3 rings (SSSR count). The number of hydrogen-bond acceptors (Lipinski definition) is 5. The van der Waals surface area contributed by atoms with E-state index in [0.29, 0.717) is 41.1 Å². The Labute approximate surface area is 193 Å². The number of hydrogen-bond donors (Lipinski definition) is 2. The van der Waals surface area contributed by atoms with Crippen LogP contribution in [-0.2, 0) is 9.59 Å². The first-order chi connectivity index (χ1) is 15.5. The SMILES string of the molecule is CCCCN1C(=O)/C(=C\c2ccc(OCC(=O)Nc3ccccc3)c(OCC)c2)NC1=S. The maximum absolute atomic E-state index is 12.6. The molecule has 1 aliphatic rings. The molecule has 168 valence electrons. The molecule has 7 nitrogen and oxygen atoms in total. The minimum atomic E-state index is -0.272. The second-order valence-electron chi connectivity index (χ2n) is 7.14. The van der Waals surface area contributed by atoms with Gasteiger partial charge < -0.3 is 20.1 Å². The molecule has 0 spiro atoms. The quantitative estimate of drug-likeness (QED) is 0.419. The third-order valence-electron chi connectivity index (χ3n) is 4.69. The Morgan fingerprint density at radius 2 is 1.91 bits per heavy atom. The predicted molar refractivity (Wildman–Crippen MR) is 129 cm³/mol. The molecule has 2 N–H and O–H groups in total. The third kappa shape index (κ3) is 6.07. The van der Waals surface area contributed by atoms with Gasteiger partial charge in [0.05, 0.1) is 6.61 Å². The van der Waals surface area contributed by atoms with E-state index in [2.05, 4.69) is 17.6 Å². The molecule has 1 fully saturated rings. The van der Waals surface area contributed by atoms with E-state index < -0.39 is 0 Å². The summed E-state index contributed by atoms with van der Waals surface area (Å²) in [5, 5.41) is 6.18. The van der Waals surface area contributed by atoms with Gasteiger partial charge in [0.25, 0.3) is 11.8 Å². The van der Waals surface area contributed by atoms with Crippen LogP contribution in [0.3, 0.4) is 0 Å². The van der Waals surface area contributed by atoms with Crippen LogP contribution in [0.5, 0.6) is 11.5 Å². The molecule has 0 aliphatic carbocycles. The van der Waals surface area contributed by atoms with Crippen LogP contribution in [0.2, 0.25) is 0 Å². The molecule has 1 heterocycles. The summed E-state index contributed by atoms with van der Waals surface area (Å²) in [5.74, 6) is 0.527. The second-order valence-corrected chi connectivity index (χ2v) is 7.53. The summed E-state index contributed by atoms with van der Waals surface area (Å²) in [6, 6.07) is 14.5. The van der Waals surface area contributed by atoms with Gasteiger partial charge in [0.15, 0.2) is 23.2 Å². The number of thiocarbonyl (C=S) groups is 1. The number of rotatable bonds is 10. The van der Waals surface area contributed by atoms with Crippen molar-refractivity contribution in [1.29, 1.82) is 0 Å². The lowest BCUT2D eigenvalue weighted by Gasteiger charge is -2.13. The minimum absolute atomic E-state index is 0.140. The number of amides is 2. The molecular formula is C24H27N3O4S. The number of nitrogens with one attached hydrogen (secondary N) is 2. The average molecular weight is 454 g/mol. The van der Waals surface area contributed by atoms with Crippen LogP contribution < -0.4 is 20.1 Å². The first-order valence-electron chi connectivity index (χ1n) is 10.6. The minimum Gasteiger partial charge on any atom is -0.490 e. The molecule has 1 saturated heterocycles. The first-order valence-corrected chi connectivity index (χ1v) is 11.0. The Bertz CT molecular complexity index is 1010. The second kappa shape index (κ2) is 11.3. The van der Waals surface area contributed by atoms with Crippen molar-refractivity contribution in [3.05, 3.63) is 59.8 Å². The molecule has 8 heteroatoms.